The van der Waals surface area contributed by atoms with E-state index in [1.54, 1.807) is 0 Å². The lowest BCUT2D eigenvalue weighted by Crippen LogP contribution is -2.18. The van der Waals surface area contributed by atoms with Gasteiger partial charge in [-0.15, -0.1) is 13.2 Å². The number of rotatable bonds is 4. The van der Waals surface area contributed by atoms with Crippen molar-refractivity contribution in [1.29, 1.82) is 0 Å². The molecule has 18 heavy (non-hydrogen) atoms. The molecule has 1 aromatic carbocycles. The molecule has 0 amide bonds. The van der Waals surface area contributed by atoms with Crippen LogP contribution in [0.15, 0.2) is 18.2 Å². The quantitative estimate of drug-likeness (QED) is 0.628. The van der Waals surface area contributed by atoms with Gasteiger partial charge in [0.15, 0.2) is 11.5 Å². The lowest BCUT2D eigenvalue weighted by molar-refractivity contribution is -0.275. The van der Waals surface area contributed by atoms with Crippen molar-refractivity contribution in [2.45, 2.75) is 13.0 Å². The molecule has 0 saturated carbocycles. The maximum atomic E-state index is 12.0. The smallest absolute Gasteiger partial charge is 0.431 e. The van der Waals surface area contributed by atoms with E-state index in [2.05, 4.69) is 9.47 Å². The Balaban J connectivity index is 3.12. The zero-order chi connectivity index (χ0) is 13.9. The van der Waals surface area contributed by atoms with Gasteiger partial charge in [0, 0.05) is 5.56 Å². The van der Waals surface area contributed by atoms with E-state index in [0.29, 0.717) is 12.1 Å². The average Bonchev–Trinajstić information content (AvgIpc) is 2.17. The van der Waals surface area contributed by atoms with Crippen LogP contribution >= 0.6 is 11.6 Å². The lowest BCUT2D eigenvalue weighted by atomic mass is 10.2. The highest BCUT2D eigenvalue weighted by atomic mass is 35.5. The number of hydrogen-bond acceptors (Lipinski definition) is 3. The molecule has 0 aromatic heterocycles. The van der Waals surface area contributed by atoms with Crippen molar-refractivity contribution in [3.8, 4) is 11.5 Å². The predicted molar refractivity (Wildman–Crippen MR) is 49.9 cm³/mol. The predicted octanol–water partition coefficient (Wildman–Crippen LogP) is 3.57. The summed E-state index contributed by atoms with van der Waals surface area (Å²) < 4.78 is 67.1. The van der Waals surface area contributed by atoms with E-state index in [4.69, 9.17) is 11.6 Å². The molecule has 0 unspecified atom stereocenters. The van der Waals surface area contributed by atoms with E-state index >= 15 is 0 Å². The van der Waals surface area contributed by atoms with Crippen molar-refractivity contribution in [2.24, 2.45) is 0 Å². The Morgan fingerprint density at radius 1 is 1.22 bits per heavy atom. The molecule has 0 fully saturated rings. The van der Waals surface area contributed by atoms with Crippen LogP contribution in [0.4, 0.5) is 22.0 Å². The molecule has 0 aliphatic rings. The van der Waals surface area contributed by atoms with Gasteiger partial charge < -0.3 is 9.47 Å². The second-order valence-corrected chi connectivity index (χ2v) is 3.20. The van der Waals surface area contributed by atoms with Crippen LogP contribution in [0.3, 0.4) is 0 Å². The van der Waals surface area contributed by atoms with Crippen molar-refractivity contribution in [2.75, 3.05) is 0 Å². The SMILES string of the molecule is O=C(Cl)c1ccc(OC(F)(F)F)c(OC(F)F)c1. The highest BCUT2D eigenvalue weighted by Crippen LogP contribution is 2.34. The third-order valence-electron chi connectivity index (χ3n) is 1.61. The highest BCUT2D eigenvalue weighted by Gasteiger charge is 2.33. The Bertz CT molecular complexity index is 446. The Hall–Kier alpha value is -1.57. The maximum absolute atomic E-state index is 12.0. The molecule has 0 aliphatic carbocycles. The minimum Gasteiger partial charge on any atom is -0.431 e. The third-order valence-corrected chi connectivity index (χ3v) is 1.83. The van der Waals surface area contributed by atoms with Gasteiger partial charge in [0.05, 0.1) is 0 Å². The van der Waals surface area contributed by atoms with Gasteiger partial charge in [0.25, 0.3) is 5.24 Å². The molecule has 0 atom stereocenters. The number of benzene rings is 1. The average molecular weight is 291 g/mol. The topological polar surface area (TPSA) is 35.5 Å². The molecular formula is C9H4ClF5O3. The van der Waals surface area contributed by atoms with E-state index in [1.165, 1.54) is 0 Å². The zero-order valence-corrected chi connectivity index (χ0v) is 9.06. The van der Waals surface area contributed by atoms with Gasteiger partial charge in [-0.05, 0) is 29.8 Å². The largest absolute Gasteiger partial charge is 0.573 e. The first-order valence-electron chi connectivity index (χ1n) is 4.23. The van der Waals surface area contributed by atoms with Crippen LogP contribution in [-0.2, 0) is 0 Å². The van der Waals surface area contributed by atoms with E-state index in [1.807, 2.05) is 0 Å². The summed E-state index contributed by atoms with van der Waals surface area (Å²) in [5.41, 5.74) is -0.304. The second-order valence-electron chi connectivity index (χ2n) is 2.86. The summed E-state index contributed by atoms with van der Waals surface area (Å²) in [6.45, 7) is -3.37. The molecule has 0 spiro atoms. The zero-order valence-electron chi connectivity index (χ0n) is 8.30. The summed E-state index contributed by atoms with van der Waals surface area (Å²) in [5.74, 6) is -1.93. The molecule has 0 N–H and O–H groups in total. The van der Waals surface area contributed by atoms with E-state index in [0.717, 1.165) is 6.07 Å². The maximum Gasteiger partial charge on any atom is 0.573 e. The van der Waals surface area contributed by atoms with Crippen LogP contribution in [0, 0.1) is 0 Å². The van der Waals surface area contributed by atoms with Gasteiger partial charge in [-0.1, -0.05) is 0 Å². The number of alkyl halides is 5. The first-order valence-corrected chi connectivity index (χ1v) is 4.61. The fourth-order valence-corrected chi connectivity index (χ4v) is 1.14. The van der Waals surface area contributed by atoms with E-state index in [-0.39, 0.29) is 5.56 Å². The van der Waals surface area contributed by atoms with E-state index < -0.39 is 29.7 Å². The van der Waals surface area contributed by atoms with Crippen LogP contribution in [-0.4, -0.2) is 18.2 Å². The van der Waals surface area contributed by atoms with Crippen molar-refractivity contribution in [1.82, 2.24) is 0 Å². The van der Waals surface area contributed by atoms with Gasteiger partial charge >= 0.3 is 13.0 Å². The van der Waals surface area contributed by atoms with Crippen molar-refractivity contribution in [3.63, 3.8) is 0 Å². The van der Waals surface area contributed by atoms with Crippen LogP contribution < -0.4 is 9.47 Å². The third kappa shape index (κ3) is 4.36. The van der Waals surface area contributed by atoms with Gasteiger partial charge in [0.1, 0.15) is 0 Å². The molecule has 0 radical (unpaired) electrons. The lowest BCUT2D eigenvalue weighted by Gasteiger charge is -2.14. The molecule has 1 rings (SSSR count). The molecule has 0 heterocycles. The Labute approximate surface area is 102 Å². The molecule has 0 saturated heterocycles. The van der Waals surface area contributed by atoms with Crippen LogP contribution in [0.5, 0.6) is 11.5 Å². The molecule has 9 heteroatoms. The summed E-state index contributed by atoms with van der Waals surface area (Å²) in [6.07, 6.45) is -5.08. The summed E-state index contributed by atoms with van der Waals surface area (Å²) in [5, 5.41) is -1.03. The number of hydrogen-bond donors (Lipinski definition) is 0. The van der Waals surface area contributed by atoms with Gasteiger partial charge in [-0.2, -0.15) is 8.78 Å². The molecular weight excluding hydrogens is 287 g/mol. The fraction of sp³-hybridized carbons (Fsp3) is 0.222. The highest BCUT2D eigenvalue weighted by molar-refractivity contribution is 6.67. The van der Waals surface area contributed by atoms with Crippen molar-refractivity contribution < 1.29 is 36.2 Å². The van der Waals surface area contributed by atoms with Crippen LogP contribution in [0.1, 0.15) is 10.4 Å². The normalized spacial score (nSPS) is 11.5. The Kier molecular flexibility index (Phi) is 4.33. The summed E-state index contributed by atoms with van der Waals surface area (Å²) >= 11 is 5.05. The van der Waals surface area contributed by atoms with Gasteiger partial charge in [-0.3, -0.25) is 4.79 Å². The van der Waals surface area contributed by atoms with E-state index in [9.17, 15) is 26.7 Å². The molecule has 100 valence electrons. The summed E-state index contributed by atoms with van der Waals surface area (Å²) in [7, 11) is 0. The van der Waals surface area contributed by atoms with Crippen LogP contribution in [0.25, 0.3) is 0 Å². The van der Waals surface area contributed by atoms with Gasteiger partial charge in [-0.25, -0.2) is 0 Å². The molecule has 1 aromatic rings. The van der Waals surface area contributed by atoms with Crippen LogP contribution in [0.2, 0.25) is 0 Å². The molecule has 3 nitrogen and oxygen atoms in total. The summed E-state index contributed by atoms with van der Waals surface area (Å²) in [6, 6.07) is 2.16. The number of ether oxygens (including phenoxy) is 2. The monoisotopic (exact) mass is 290 g/mol. The number of halogens is 6. The first kappa shape index (κ1) is 14.5. The van der Waals surface area contributed by atoms with Gasteiger partial charge in [0.2, 0.25) is 0 Å². The standard InChI is InChI=1S/C9H4ClF5O3/c10-7(16)4-1-2-5(18-9(13,14)15)6(3-4)17-8(11)12/h1-3,8H. The second kappa shape index (κ2) is 5.38. The first-order chi connectivity index (χ1) is 8.19. The molecule has 0 bridgehead atoms. The number of carbonyl (C=O) groups excluding carboxylic acids is 1. The fourth-order valence-electron chi connectivity index (χ4n) is 1.03. The molecule has 0 aliphatic heterocycles. The Morgan fingerprint density at radius 2 is 1.83 bits per heavy atom. The van der Waals surface area contributed by atoms with Crippen molar-refractivity contribution in [3.05, 3.63) is 23.8 Å². The number of carbonyl (C=O) groups is 1. The Morgan fingerprint density at radius 3 is 2.28 bits per heavy atom. The minimum absolute atomic E-state index is 0.304. The van der Waals surface area contributed by atoms with Crippen molar-refractivity contribution >= 4 is 16.8 Å². The summed E-state index contributed by atoms with van der Waals surface area (Å²) in [4.78, 5) is 10.7. The minimum atomic E-state index is -5.08.